The Morgan fingerprint density at radius 1 is 1.56 bits per heavy atom. The molecule has 1 saturated carbocycles. The van der Waals surface area contributed by atoms with Crippen LogP contribution >= 0.6 is 0 Å². The first-order chi connectivity index (χ1) is 8.70. The second kappa shape index (κ2) is 5.66. The highest BCUT2D eigenvalue weighted by Crippen LogP contribution is 2.33. The zero-order chi connectivity index (χ0) is 13.0. The molecule has 0 bridgehead atoms. The molecule has 0 atom stereocenters. The molecule has 6 heteroatoms. The topological polar surface area (TPSA) is 77.3 Å². The summed E-state index contributed by atoms with van der Waals surface area (Å²) in [5, 5.41) is 13.9. The van der Waals surface area contributed by atoms with Gasteiger partial charge >= 0.3 is 5.69 Å². The molecule has 1 aromatic heterocycles. The third kappa shape index (κ3) is 3.32. The van der Waals surface area contributed by atoms with Gasteiger partial charge in [-0.2, -0.15) is 4.98 Å². The molecular formula is C12H17N3O3. The number of rotatable bonds is 7. The van der Waals surface area contributed by atoms with Crippen molar-refractivity contribution in [3.8, 4) is 5.88 Å². The lowest BCUT2D eigenvalue weighted by atomic mass is 10.3. The molecule has 1 aromatic rings. The molecule has 18 heavy (non-hydrogen) atoms. The molecule has 98 valence electrons. The first-order valence-electron chi connectivity index (χ1n) is 6.22. The summed E-state index contributed by atoms with van der Waals surface area (Å²) >= 11 is 0. The highest BCUT2D eigenvalue weighted by molar-refractivity contribution is 5.49. The predicted molar refractivity (Wildman–Crippen MR) is 67.9 cm³/mol. The molecule has 0 amide bonds. The first kappa shape index (κ1) is 12.6. The van der Waals surface area contributed by atoms with Crippen LogP contribution in [-0.4, -0.2) is 23.1 Å². The molecule has 0 aromatic carbocycles. The number of nitrogens with one attached hydrogen (secondary N) is 1. The van der Waals surface area contributed by atoms with E-state index in [4.69, 9.17) is 4.74 Å². The Morgan fingerprint density at radius 2 is 2.33 bits per heavy atom. The fraction of sp³-hybridized carbons (Fsp3) is 0.583. The Hall–Kier alpha value is -1.85. The highest BCUT2D eigenvalue weighted by atomic mass is 16.6. The predicted octanol–water partition coefficient (Wildman–Crippen LogP) is 2.60. The number of hydrogen-bond acceptors (Lipinski definition) is 5. The average Bonchev–Trinajstić information content (AvgIpc) is 3.13. The SMILES string of the molecule is CCNc1ccc([N+](=O)[O-])c(OCCC2CC2)n1. The number of pyridine rings is 1. The molecule has 1 aliphatic carbocycles. The molecule has 6 nitrogen and oxygen atoms in total. The van der Waals surface area contributed by atoms with Crippen molar-refractivity contribution < 1.29 is 9.66 Å². The van der Waals surface area contributed by atoms with Crippen molar-refractivity contribution in [2.24, 2.45) is 5.92 Å². The summed E-state index contributed by atoms with van der Waals surface area (Å²) in [4.78, 5) is 14.5. The average molecular weight is 251 g/mol. The lowest BCUT2D eigenvalue weighted by Crippen LogP contribution is -2.06. The second-order valence-corrected chi connectivity index (χ2v) is 4.39. The van der Waals surface area contributed by atoms with Gasteiger partial charge in [-0.1, -0.05) is 12.8 Å². The van der Waals surface area contributed by atoms with Crippen LogP contribution in [0.4, 0.5) is 11.5 Å². The van der Waals surface area contributed by atoms with E-state index in [1.54, 1.807) is 6.07 Å². The summed E-state index contributed by atoms with van der Waals surface area (Å²) in [7, 11) is 0. The van der Waals surface area contributed by atoms with E-state index in [2.05, 4.69) is 10.3 Å². The van der Waals surface area contributed by atoms with Gasteiger partial charge in [0.1, 0.15) is 5.82 Å². The van der Waals surface area contributed by atoms with Gasteiger partial charge in [-0.25, -0.2) is 0 Å². The van der Waals surface area contributed by atoms with Crippen LogP contribution in [0.1, 0.15) is 26.2 Å². The Morgan fingerprint density at radius 3 is 2.94 bits per heavy atom. The standard InChI is InChI=1S/C12H17N3O3/c1-2-13-11-6-5-10(15(16)17)12(14-11)18-8-7-9-3-4-9/h5-6,9H,2-4,7-8H2,1H3,(H,13,14). The zero-order valence-electron chi connectivity index (χ0n) is 10.4. The first-order valence-corrected chi connectivity index (χ1v) is 6.22. The van der Waals surface area contributed by atoms with E-state index in [9.17, 15) is 10.1 Å². The van der Waals surface area contributed by atoms with Crippen LogP contribution in [0, 0.1) is 16.0 Å². The maximum absolute atomic E-state index is 10.9. The number of nitrogens with zero attached hydrogens (tertiary/aromatic N) is 2. The van der Waals surface area contributed by atoms with Gasteiger partial charge in [0.25, 0.3) is 5.88 Å². The lowest BCUT2D eigenvalue weighted by Gasteiger charge is -2.07. The van der Waals surface area contributed by atoms with Gasteiger partial charge in [0.2, 0.25) is 0 Å². The van der Waals surface area contributed by atoms with Gasteiger partial charge in [0.05, 0.1) is 11.5 Å². The molecular weight excluding hydrogens is 234 g/mol. The van der Waals surface area contributed by atoms with E-state index in [0.717, 1.165) is 12.3 Å². The Balaban J connectivity index is 2.05. The molecule has 1 aliphatic rings. The van der Waals surface area contributed by atoms with E-state index in [0.29, 0.717) is 19.0 Å². The maximum atomic E-state index is 10.9. The van der Waals surface area contributed by atoms with Crippen molar-refractivity contribution in [1.82, 2.24) is 4.98 Å². The number of hydrogen-bond donors (Lipinski definition) is 1. The molecule has 0 saturated heterocycles. The van der Waals surface area contributed by atoms with Gasteiger partial charge in [-0.05, 0) is 25.3 Å². The van der Waals surface area contributed by atoms with Crippen LogP contribution in [0.15, 0.2) is 12.1 Å². The quantitative estimate of drug-likeness (QED) is 0.595. The normalized spacial score (nSPS) is 14.3. The van der Waals surface area contributed by atoms with Crippen LogP contribution in [0.5, 0.6) is 5.88 Å². The molecule has 1 heterocycles. The monoisotopic (exact) mass is 251 g/mol. The molecule has 0 unspecified atom stereocenters. The minimum absolute atomic E-state index is 0.0764. The summed E-state index contributed by atoms with van der Waals surface area (Å²) in [6.07, 6.45) is 3.44. The third-order valence-electron chi connectivity index (χ3n) is 2.86. The lowest BCUT2D eigenvalue weighted by molar-refractivity contribution is -0.386. The van der Waals surface area contributed by atoms with E-state index in [1.165, 1.54) is 18.9 Å². The van der Waals surface area contributed by atoms with Crippen molar-refractivity contribution in [1.29, 1.82) is 0 Å². The van der Waals surface area contributed by atoms with Gasteiger partial charge in [0.15, 0.2) is 0 Å². The summed E-state index contributed by atoms with van der Waals surface area (Å²) in [5.41, 5.74) is -0.0764. The Kier molecular flexibility index (Phi) is 3.96. The molecule has 0 aliphatic heterocycles. The summed E-state index contributed by atoms with van der Waals surface area (Å²) < 4.78 is 5.44. The molecule has 0 spiro atoms. The molecule has 2 rings (SSSR count). The fourth-order valence-electron chi connectivity index (χ4n) is 1.69. The van der Waals surface area contributed by atoms with Crippen molar-refractivity contribution in [3.63, 3.8) is 0 Å². The molecule has 1 fully saturated rings. The second-order valence-electron chi connectivity index (χ2n) is 4.39. The summed E-state index contributed by atoms with van der Waals surface area (Å²) in [6, 6.07) is 3.02. The van der Waals surface area contributed by atoms with Crippen LogP contribution in [-0.2, 0) is 0 Å². The van der Waals surface area contributed by atoms with Crippen molar-refractivity contribution in [2.75, 3.05) is 18.5 Å². The Labute approximate surface area is 106 Å². The van der Waals surface area contributed by atoms with Crippen LogP contribution < -0.4 is 10.1 Å². The van der Waals surface area contributed by atoms with Crippen molar-refractivity contribution in [2.45, 2.75) is 26.2 Å². The summed E-state index contributed by atoms with van der Waals surface area (Å²) in [5.74, 6) is 1.45. The number of nitro groups is 1. The third-order valence-corrected chi connectivity index (χ3v) is 2.86. The van der Waals surface area contributed by atoms with Gasteiger partial charge in [-0.3, -0.25) is 10.1 Å². The maximum Gasteiger partial charge on any atom is 0.331 e. The van der Waals surface area contributed by atoms with E-state index in [-0.39, 0.29) is 11.6 Å². The van der Waals surface area contributed by atoms with E-state index < -0.39 is 4.92 Å². The van der Waals surface area contributed by atoms with Crippen molar-refractivity contribution >= 4 is 11.5 Å². The molecule has 1 N–H and O–H groups in total. The van der Waals surface area contributed by atoms with Gasteiger partial charge in [-0.15, -0.1) is 0 Å². The fourth-order valence-corrected chi connectivity index (χ4v) is 1.69. The van der Waals surface area contributed by atoms with Crippen LogP contribution in [0.25, 0.3) is 0 Å². The minimum atomic E-state index is -0.463. The van der Waals surface area contributed by atoms with Gasteiger partial charge in [0, 0.05) is 12.6 Å². The number of aromatic nitrogens is 1. The largest absolute Gasteiger partial charge is 0.473 e. The smallest absolute Gasteiger partial charge is 0.331 e. The number of anilines is 1. The van der Waals surface area contributed by atoms with Crippen LogP contribution in [0.2, 0.25) is 0 Å². The summed E-state index contributed by atoms with van der Waals surface area (Å²) in [6.45, 7) is 3.15. The van der Waals surface area contributed by atoms with Gasteiger partial charge < -0.3 is 10.1 Å². The molecule has 0 radical (unpaired) electrons. The van der Waals surface area contributed by atoms with Crippen molar-refractivity contribution in [3.05, 3.63) is 22.2 Å². The van der Waals surface area contributed by atoms with E-state index in [1.807, 2.05) is 6.92 Å². The minimum Gasteiger partial charge on any atom is -0.473 e. The highest BCUT2D eigenvalue weighted by Gasteiger charge is 2.22. The van der Waals surface area contributed by atoms with E-state index >= 15 is 0 Å². The zero-order valence-corrected chi connectivity index (χ0v) is 10.4. The Bertz CT molecular complexity index is 433. The number of ether oxygens (including phenoxy) is 1. The van der Waals surface area contributed by atoms with Crippen LogP contribution in [0.3, 0.4) is 0 Å².